The molecule has 2 aromatic carbocycles. The van der Waals surface area contributed by atoms with Gasteiger partial charge in [-0.15, -0.1) is 0 Å². The highest BCUT2D eigenvalue weighted by Gasteiger charge is 2.11. The van der Waals surface area contributed by atoms with E-state index in [0.717, 1.165) is 11.6 Å². The van der Waals surface area contributed by atoms with Crippen molar-refractivity contribution in [1.29, 1.82) is 0 Å². The molecule has 1 N–H and O–H groups in total. The van der Waals surface area contributed by atoms with E-state index in [1.807, 2.05) is 18.2 Å². The minimum Gasteiger partial charge on any atom is -0.308 e. The number of benzene rings is 2. The minimum atomic E-state index is 0.0942. The second-order valence-electron chi connectivity index (χ2n) is 5.77. The van der Waals surface area contributed by atoms with Crippen molar-refractivity contribution in [2.75, 3.05) is 0 Å². The van der Waals surface area contributed by atoms with Gasteiger partial charge in [0, 0.05) is 26.9 Å². The van der Waals surface area contributed by atoms with E-state index in [4.69, 9.17) is 11.6 Å². The van der Waals surface area contributed by atoms with Crippen LogP contribution < -0.4 is 5.32 Å². The van der Waals surface area contributed by atoms with Gasteiger partial charge in [-0.2, -0.15) is 0 Å². The highest BCUT2D eigenvalue weighted by molar-refractivity contribution is 7.99. The van der Waals surface area contributed by atoms with E-state index >= 15 is 0 Å². The minimum absolute atomic E-state index is 0.0942. The summed E-state index contributed by atoms with van der Waals surface area (Å²) in [7, 11) is 0. The van der Waals surface area contributed by atoms with Gasteiger partial charge in [0.1, 0.15) is 0 Å². The summed E-state index contributed by atoms with van der Waals surface area (Å²) in [5.41, 5.74) is 1.33. The van der Waals surface area contributed by atoms with E-state index < -0.39 is 0 Å². The van der Waals surface area contributed by atoms with Crippen LogP contribution in [-0.2, 0) is 6.54 Å². The van der Waals surface area contributed by atoms with Gasteiger partial charge in [0.25, 0.3) is 0 Å². The first-order valence-corrected chi connectivity index (χ1v) is 7.90. The molecule has 0 amide bonds. The van der Waals surface area contributed by atoms with Gasteiger partial charge in [-0.05, 0) is 56.7 Å². The van der Waals surface area contributed by atoms with Gasteiger partial charge >= 0.3 is 0 Å². The van der Waals surface area contributed by atoms with Crippen LogP contribution in [0.1, 0.15) is 26.3 Å². The Morgan fingerprint density at radius 2 is 1.75 bits per heavy atom. The Kier molecular flexibility index (Phi) is 5.14. The summed E-state index contributed by atoms with van der Waals surface area (Å²) >= 11 is 7.91. The molecule has 0 fully saturated rings. The molecule has 3 heteroatoms. The number of nitrogens with one attached hydrogen (secondary N) is 1. The van der Waals surface area contributed by atoms with E-state index in [1.54, 1.807) is 11.8 Å². The third kappa shape index (κ3) is 4.86. The lowest BCUT2D eigenvalue weighted by Gasteiger charge is -2.21. The zero-order valence-electron chi connectivity index (χ0n) is 12.1. The molecular weight excluding hydrogens is 286 g/mol. The molecular formula is C17H20ClNS. The van der Waals surface area contributed by atoms with E-state index in [-0.39, 0.29) is 5.54 Å². The molecule has 106 valence electrons. The molecule has 0 heterocycles. The molecule has 0 atom stereocenters. The van der Waals surface area contributed by atoms with Crippen LogP contribution in [0, 0.1) is 0 Å². The lowest BCUT2D eigenvalue weighted by Crippen LogP contribution is -2.35. The summed E-state index contributed by atoms with van der Waals surface area (Å²) in [5.74, 6) is 0. The summed E-state index contributed by atoms with van der Waals surface area (Å²) in [5, 5.41) is 4.30. The Morgan fingerprint density at radius 1 is 1.05 bits per heavy atom. The maximum atomic E-state index is 6.13. The lowest BCUT2D eigenvalue weighted by molar-refractivity contribution is 0.422. The maximum Gasteiger partial charge on any atom is 0.0410 e. The largest absolute Gasteiger partial charge is 0.308 e. The Bertz CT molecular complexity index is 561. The lowest BCUT2D eigenvalue weighted by atomic mass is 10.1. The molecule has 0 aliphatic heterocycles. The summed E-state index contributed by atoms with van der Waals surface area (Å²) in [6.07, 6.45) is 0. The molecule has 0 saturated heterocycles. The molecule has 2 aromatic rings. The smallest absolute Gasteiger partial charge is 0.0410 e. The van der Waals surface area contributed by atoms with Gasteiger partial charge in [-0.3, -0.25) is 0 Å². The monoisotopic (exact) mass is 305 g/mol. The van der Waals surface area contributed by atoms with E-state index in [1.165, 1.54) is 15.4 Å². The molecule has 2 rings (SSSR count). The van der Waals surface area contributed by atoms with Crippen LogP contribution in [0.2, 0.25) is 5.02 Å². The molecule has 0 aliphatic rings. The first-order valence-electron chi connectivity index (χ1n) is 6.70. The normalized spacial score (nSPS) is 11.6. The van der Waals surface area contributed by atoms with Crippen LogP contribution >= 0.6 is 23.4 Å². The van der Waals surface area contributed by atoms with Crippen molar-refractivity contribution in [3.05, 3.63) is 59.1 Å². The van der Waals surface area contributed by atoms with Crippen LogP contribution in [-0.4, -0.2) is 5.54 Å². The maximum absolute atomic E-state index is 6.13. The Balaban J connectivity index is 2.19. The fourth-order valence-corrected chi connectivity index (χ4v) is 2.90. The second kappa shape index (κ2) is 6.66. The number of hydrogen-bond donors (Lipinski definition) is 1. The Morgan fingerprint density at radius 3 is 2.40 bits per heavy atom. The van der Waals surface area contributed by atoms with E-state index in [0.29, 0.717) is 0 Å². The van der Waals surface area contributed by atoms with Crippen molar-refractivity contribution >= 4 is 23.4 Å². The van der Waals surface area contributed by atoms with Gasteiger partial charge < -0.3 is 5.32 Å². The molecule has 0 spiro atoms. The average Bonchev–Trinajstić information content (AvgIpc) is 2.39. The van der Waals surface area contributed by atoms with Gasteiger partial charge in [0.15, 0.2) is 0 Å². The van der Waals surface area contributed by atoms with Crippen molar-refractivity contribution in [3.8, 4) is 0 Å². The van der Waals surface area contributed by atoms with Crippen LogP contribution in [0.15, 0.2) is 58.3 Å². The summed E-state index contributed by atoms with van der Waals surface area (Å²) in [6, 6.07) is 16.5. The van der Waals surface area contributed by atoms with Crippen molar-refractivity contribution in [1.82, 2.24) is 5.32 Å². The quantitative estimate of drug-likeness (QED) is 0.814. The molecule has 0 bridgehead atoms. The third-order valence-corrected chi connectivity index (χ3v) is 4.16. The van der Waals surface area contributed by atoms with Gasteiger partial charge in [0.2, 0.25) is 0 Å². The predicted octanol–water partition coefficient (Wildman–Crippen LogP) is 5.38. The average molecular weight is 306 g/mol. The summed E-state index contributed by atoms with van der Waals surface area (Å²) < 4.78 is 0. The first-order chi connectivity index (χ1) is 9.44. The van der Waals surface area contributed by atoms with Crippen molar-refractivity contribution in [2.24, 2.45) is 0 Å². The molecule has 1 nitrogen and oxygen atoms in total. The van der Waals surface area contributed by atoms with E-state index in [2.05, 4.69) is 56.4 Å². The predicted molar refractivity (Wildman–Crippen MR) is 88.6 cm³/mol. The molecule has 0 aromatic heterocycles. The topological polar surface area (TPSA) is 12.0 Å². The SMILES string of the molecule is CC(C)(C)NCc1cc(Cl)ccc1Sc1ccccc1. The van der Waals surface area contributed by atoms with Crippen molar-refractivity contribution in [2.45, 2.75) is 42.6 Å². The van der Waals surface area contributed by atoms with E-state index in [9.17, 15) is 0 Å². The van der Waals surface area contributed by atoms with Gasteiger partial charge in [0.05, 0.1) is 0 Å². The van der Waals surface area contributed by atoms with Crippen LogP contribution in [0.25, 0.3) is 0 Å². The molecule has 0 unspecified atom stereocenters. The van der Waals surface area contributed by atoms with Gasteiger partial charge in [-0.25, -0.2) is 0 Å². The standard InChI is InChI=1S/C17H20ClNS/c1-17(2,3)19-12-13-11-14(18)9-10-16(13)20-15-7-5-4-6-8-15/h4-11,19H,12H2,1-3H3. The number of halogens is 1. The van der Waals surface area contributed by atoms with Crippen molar-refractivity contribution in [3.63, 3.8) is 0 Å². The van der Waals surface area contributed by atoms with Crippen molar-refractivity contribution < 1.29 is 0 Å². The number of hydrogen-bond acceptors (Lipinski definition) is 2. The highest BCUT2D eigenvalue weighted by atomic mass is 35.5. The summed E-state index contributed by atoms with van der Waals surface area (Å²) in [6.45, 7) is 7.32. The third-order valence-electron chi connectivity index (χ3n) is 2.80. The highest BCUT2D eigenvalue weighted by Crippen LogP contribution is 2.32. The summed E-state index contributed by atoms with van der Waals surface area (Å²) in [4.78, 5) is 2.49. The second-order valence-corrected chi connectivity index (χ2v) is 7.32. The van der Waals surface area contributed by atoms with Gasteiger partial charge in [-0.1, -0.05) is 41.6 Å². The molecule has 0 saturated carbocycles. The molecule has 20 heavy (non-hydrogen) atoms. The Hall–Kier alpha value is -0.960. The Labute approximate surface area is 130 Å². The molecule has 0 radical (unpaired) electrons. The van der Waals surface area contributed by atoms with Crippen LogP contribution in [0.5, 0.6) is 0 Å². The fourth-order valence-electron chi connectivity index (χ4n) is 1.76. The van der Waals surface area contributed by atoms with Crippen LogP contribution in [0.4, 0.5) is 0 Å². The van der Waals surface area contributed by atoms with Crippen LogP contribution in [0.3, 0.4) is 0 Å². The number of rotatable bonds is 4. The zero-order chi connectivity index (χ0) is 14.6. The molecule has 0 aliphatic carbocycles. The first kappa shape index (κ1) is 15.4. The fraction of sp³-hybridized carbons (Fsp3) is 0.294. The zero-order valence-corrected chi connectivity index (χ0v) is 13.7.